The van der Waals surface area contributed by atoms with Crippen LogP contribution in [0.2, 0.25) is 0 Å². The molecule has 1 saturated carbocycles. The normalized spacial score (nSPS) is 18.9. The van der Waals surface area contributed by atoms with Gasteiger partial charge in [-0.1, -0.05) is 80.3 Å². The molecule has 1 nitrogen and oxygen atoms in total. The first kappa shape index (κ1) is 14.4. The molecule has 2 aromatic rings. The zero-order valence-corrected chi connectivity index (χ0v) is 13.4. The second-order valence-electron chi connectivity index (χ2n) is 6.72. The molecule has 0 aliphatic heterocycles. The number of allylic oxidation sites excluding steroid dienone is 1. The summed E-state index contributed by atoms with van der Waals surface area (Å²) in [6.45, 7) is 0. The zero-order chi connectivity index (χ0) is 15.6. The fourth-order valence-electron chi connectivity index (χ4n) is 4.18. The van der Waals surface area contributed by atoms with Gasteiger partial charge >= 0.3 is 0 Å². The van der Waals surface area contributed by atoms with Gasteiger partial charge in [-0.2, -0.15) is 0 Å². The maximum Gasteiger partial charge on any atom is 0.190 e. The molecule has 1 heteroatoms. The van der Waals surface area contributed by atoms with Gasteiger partial charge in [0, 0.05) is 11.1 Å². The van der Waals surface area contributed by atoms with Crippen LogP contribution >= 0.6 is 0 Å². The smallest absolute Gasteiger partial charge is 0.190 e. The monoisotopic (exact) mass is 302 g/mol. The van der Waals surface area contributed by atoms with Crippen LogP contribution in [0.1, 0.15) is 60.0 Å². The van der Waals surface area contributed by atoms with Gasteiger partial charge in [0.1, 0.15) is 0 Å². The second-order valence-corrected chi connectivity index (χ2v) is 6.72. The Morgan fingerprint density at radius 2 is 1.30 bits per heavy atom. The minimum atomic E-state index is 0.270. The van der Waals surface area contributed by atoms with E-state index in [1.165, 1.54) is 36.8 Å². The van der Waals surface area contributed by atoms with Gasteiger partial charge in [-0.05, 0) is 35.5 Å². The number of ketones is 1. The van der Waals surface area contributed by atoms with E-state index in [-0.39, 0.29) is 5.78 Å². The highest BCUT2D eigenvalue weighted by Crippen LogP contribution is 2.43. The largest absolute Gasteiger partial charge is 0.289 e. The fraction of sp³-hybridized carbons (Fsp3) is 0.318. The van der Waals surface area contributed by atoms with Gasteiger partial charge in [0.2, 0.25) is 0 Å². The number of hydrogen-bond acceptors (Lipinski definition) is 1. The molecule has 0 radical (unpaired) electrons. The quantitative estimate of drug-likeness (QED) is 0.655. The number of Topliss-reactive ketones (excluding diaryl/α,β-unsaturated/α-hetero) is 1. The lowest BCUT2D eigenvalue weighted by molar-refractivity contribution is 0.102. The average molecular weight is 302 g/mol. The molecule has 4 rings (SSSR count). The van der Waals surface area contributed by atoms with E-state index >= 15 is 0 Å². The van der Waals surface area contributed by atoms with Gasteiger partial charge in [0.05, 0.1) is 0 Å². The maximum absolute atomic E-state index is 13.1. The van der Waals surface area contributed by atoms with E-state index in [0.29, 0.717) is 5.92 Å². The number of carbonyl (C=O) groups is 1. The standard InChI is InChI=1S/C22H22O/c23-22-19-15-9-8-14-18(19)20(16-10-6-3-7-11-16)21(22)17-12-4-1-2-5-13-17/h3,6-11,14-15,17H,1-2,4-5,12-13H2. The highest BCUT2D eigenvalue weighted by Gasteiger charge is 2.34. The lowest BCUT2D eigenvalue weighted by Crippen LogP contribution is -2.11. The van der Waals surface area contributed by atoms with Crippen molar-refractivity contribution in [1.29, 1.82) is 0 Å². The highest BCUT2D eigenvalue weighted by atomic mass is 16.1. The number of hydrogen-bond donors (Lipinski definition) is 0. The van der Waals surface area contributed by atoms with Crippen LogP contribution in [-0.4, -0.2) is 5.78 Å². The molecule has 2 aliphatic rings. The molecule has 0 saturated heterocycles. The number of carbonyl (C=O) groups excluding carboxylic acids is 1. The van der Waals surface area contributed by atoms with Crippen molar-refractivity contribution < 1.29 is 4.79 Å². The van der Waals surface area contributed by atoms with E-state index in [4.69, 9.17) is 0 Å². The SMILES string of the molecule is O=C1C(C2CCCCCC2)=C(c2ccccc2)c2ccccc21. The minimum Gasteiger partial charge on any atom is -0.289 e. The first-order valence-electron chi connectivity index (χ1n) is 8.80. The van der Waals surface area contributed by atoms with Crippen molar-refractivity contribution in [2.45, 2.75) is 38.5 Å². The first-order chi connectivity index (χ1) is 11.4. The Bertz CT molecular complexity index is 747. The Morgan fingerprint density at radius 1 is 0.696 bits per heavy atom. The molecule has 116 valence electrons. The van der Waals surface area contributed by atoms with E-state index in [1.54, 1.807) is 0 Å². The summed E-state index contributed by atoms with van der Waals surface area (Å²) in [5.41, 5.74) is 5.48. The average Bonchev–Trinajstić information content (AvgIpc) is 2.77. The lowest BCUT2D eigenvalue weighted by Gasteiger charge is -2.17. The highest BCUT2D eigenvalue weighted by molar-refractivity contribution is 6.23. The van der Waals surface area contributed by atoms with Crippen LogP contribution in [0, 0.1) is 5.92 Å². The van der Waals surface area contributed by atoms with Crippen molar-refractivity contribution >= 4 is 11.4 Å². The topological polar surface area (TPSA) is 17.1 Å². The summed E-state index contributed by atoms with van der Waals surface area (Å²) in [6, 6.07) is 18.6. The van der Waals surface area contributed by atoms with Crippen molar-refractivity contribution in [2.75, 3.05) is 0 Å². The molecule has 0 heterocycles. The second kappa shape index (κ2) is 6.16. The third kappa shape index (κ3) is 2.55. The van der Waals surface area contributed by atoms with E-state index < -0.39 is 0 Å². The molecule has 0 unspecified atom stereocenters. The molecule has 23 heavy (non-hydrogen) atoms. The van der Waals surface area contributed by atoms with Gasteiger partial charge < -0.3 is 0 Å². The summed E-state index contributed by atoms with van der Waals surface area (Å²) >= 11 is 0. The zero-order valence-electron chi connectivity index (χ0n) is 13.4. The van der Waals surface area contributed by atoms with Crippen LogP contribution in [0.15, 0.2) is 60.2 Å². The Hall–Kier alpha value is -2.15. The molecule has 0 atom stereocenters. The Kier molecular flexibility index (Phi) is 3.87. The Balaban J connectivity index is 1.89. The van der Waals surface area contributed by atoms with E-state index in [0.717, 1.165) is 29.5 Å². The summed E-state index contributed by atoms with van der Waals surface area (Å²) in [5.74, 6) is 0.693. The molecule has 2 aromatic carbocycles. The molecule has 0 bridgehead atoms. The molecule has 0 spiro atoms. The van der Waals surface area contributed by atoms with Gasteiger partial charge in [-0.25, -0.2) is 0 Å². The first-order valence-corrected chi connectivity index (χ1v) is 8.80. The summed E-state index contributed by atoms with van der Waals surface area (Å²) in [6.07, 6.45) is 7.44. The third-order valence-electron chi connectivity index (χ3n) is 5.28. The van der Waals surface area contributed by atoms with Crippen molar-refractivity contribution in [3.05, 3.63) is 76.9 Å². The van der Waals surface area contributed by atoms with Crippen LogP contribution in [0.5, 0.6) is 0 Å². The van der Waals surface area contributed by atoms with Gasteiger partial charge in [0.15, 0.2) is 5.78 Å². The molecule has 0 N–H and O–H groups in total. The minimum absolute atomic E-state index is 0.270. The lowest BCUT2D eigenvalue weighted by atomic mass is 9.85. The third-order valence-corrected chi connectivity index (χ3v) is 5.28. The molecule has 2 aliphatic carbocycles. The predicted molar refractivity (Wildman–Crippen MR) is 94.4 cm³/mol. The Morgan fingerprint density at radius 3 is 2.00 bits per heavy atom. The van der Waals surface area contributed by atoms with Crippen LogP contribution in [0.25, 0.3) is 5.57 Å². The molecular weight excluding hydrogens is 280 g/mol. The molecule has 0 aromatic heterocycles. The fourth-order valence-corrected chi connectivity index (χ4v) is 4.18. The van der Waals surface area contributed by atoms with Crippen molar-refractivity contribution in [1.82, 2.24) is 0 Å². The summed E-state index contributed by atoms with van der Waals surface area (Å²) in [4.78, 5) is 13.1. The van der Waals surface area contributed by atoms with Crippen LogP contribution < -0.4 is 0 Å². The van der Waals surface area contributed by atoms with Crippen molar-refractivity contribution in [2.24, 2.45) is 5.92 Å². The van der Waals surface area contributed by atoms with Gasteiger partial charge in [-0.3, -0.25) is 4.79 Å². The Labute approximate surface area is 138 Å². The predicted octanol–water partition coefficient (Wildman–Crippen LogP) is 5.66. The van der Waals surface area contributed by atoms with Gasteiger partial charge in [-0.15, -0.1) is 0 Å². The molecule has 0 amide bonds. The van der Waals surface area contributed by atoms with Gasteiger partial charge in [0.25, 0.3) is 0 Å². The van der Waals surface area contributed by atoms with Crippen molar-refractivity contribution in [3.8, 4) is 0 Å². The molecule has 1 fully saturated rings. The van der Waals surface area contributed by atoms with Crippen LogP contribution in [-0.2, 0) is 0 Å². The van der Waals surface area contributed by atoms with E-state index in [9.17, 15) is 4.79 Å². The summed E-state index contributed by atoms with van der Waals surface area (Å²) < 4.78 is 0. The number of fused-ring (bicyclic) bond motifs is 1. The summed E-state index contributed by atoms with van der Waals surface area (Å²) in [7, 11) is 0. The van der Waals surface area contributed by atoms with Crippen LogP contribution in [0.3, 0.4) is 0 Å². The maximum atomic E-state index is 13.1. The number of rotatable bonds is 2. The molecular formula is C22H22O. The summed E-state index contributed by atoms with van der Waals surface area (Å²) in [5, 5.41) is 0. The van der Waals surface area contributed by atoms with Crippen LogP contribution in [0.4, 0.5) is 0 Å². The van der Waals surface area contributed by atoms with Crippen molar-refractivity contribution in [3.63, 3.8) is 0 Å². The van der Waals surface area contributed by atoms with E-state index in [2.05, 4.69) is 30.3 Å². The van der Waals surface area contributed by atoms with E-state index in [1.807, 2.05) is 24.3 Å². The number of benzene rings is 2.